The summed E-state index contributed by atoms with van der Waals surface area (Å²) in [6.07, 6.45) is 0.982. The van der Waals surface area contributed by atoms with E-state index in [9.17, 15) is 13.2 Å². The highest BCUT2D eigenvalue weighted by Gasteiger charge is 2.18. The minimum atomic E-state index is -3.31. The highest BCUT2D eigenvalue weighted by Crippen LogP contribution is 1.96. The minimum absolute atomic E-state index is 0.546. The van der Waals surface area contributed by atoms with Crippen molar-refractivity contribution in [3.05, 3.63) is 0 Å². The van der Waals surface area contributed by atoms with E-state index >= 15 is 0 Å². The predicted molar refractivity (Wildman–Crippen MR) is 47.6 cm³/mol. The summed E-state index contributed by atoms with van der Waals surface area (Å²) in [5.74, 6) is -1.10. The van der Waals surface area contributed by atoms with Crippen molar-refractivity contribution in [2.75, 3.05) is 19.1 Å². The molecule has 0 aliphatic rings. The van der Waals surface area contributed by atoms with Gasteiger partial charge >= 0.3 is 0 Å². The van der Waals surface area contributed by atoms with Crippen molar-refractivity contribution < 1.29 is 13.2 Å². The van der Waals surface area contributed by atoms with Crippen LogP contribution in [-0.4, -0.2) is 44.3 Å². The van der Waals surface area contributed by atoms with Gasteiger partial charge in [-0.1, -0.05) is 0 Å². The summed E-state index contributed by atoms with van der Waals surface area (Å²) in [7, 11) is -1.91. The fourth-order valence-electron chi connectivity index (χ4n) is 0.629. The Balaban J connectivity index is 4.39. The van der Waals surface area contributed by atoms with E-state index in [1.165, 1.54) is 14.0 Å². The predicted octanol–water partition coefficient (Wildman–Crippen LogP) is -0.599. The van der Waals surface area contributed by atoms with Crippen LogP contribution in [0.1, 0.15) is 6.92 Å². The molecule has 0 aromatic heterocycles. The van der Waals surface area contributed by atoms with Crippen LogP contribution in [0, 0.1) is 11.3 Å². The summed E-state index contributed by atoms with van der Waals surface area (Å²) in [4.78, 5) is 12.3. The van der Waals surface area contributed by atoms with Crippen molar-refractivity contribution in [1.29, 1.82) is 5.26 Å². The summed E-state index contributed by atoms with van der Waals surface area (Å²) in [5.41, 5.74) is 0. The summed E-state index contributed by atoms with van der Waals surface area (Å²) in [6, 6.07) is 1.24. The third-order valence-electron chi connectivity index (χ3n) is 1.55. The van der Waals surface area contributed by atoms with E-state index in [2.05, 4.69) is 0 Å². The summed E-state index contributed by atoms with van der Waals surface area (Å²) < 4.78 is 21.5. The van der Waals surface area contributed by atoms with Crippen LogP contribution in [0.5, 0.6) is 0 Å². The molecule has 13 heavy (non-hydrogen) atoms. The molecular weight excluding hydrogens is 192 g/mol. The highest BCUT2D eigenvalue weighted by molar-refractivity contribution is 7.91. The number of amides is 1. The Labute approximate surface area is 77.9 Å². The first-order chi connectivity index (χ1) is 5.78. The molecule has 5 nitrogen and oxygen atoms in total. The Bertz CT molecular complexity index is 328. The van der Waals surface area contributed by atoms with Gasteiger partial charge in [-0.3, -0.25) is 4.79 Å². The van der Waals surface area contributed by atoms with E-state index < -0.39 is 27.5 Å². The summed E-state index contributed by atoms with van der Waals surface area (Å²) >= 11 is 0. The zero-order valence-electron chi connectivity index (χ0n) is 7.81. The van der Waals surface area contributed by atoms with Crippen molar-refractivity contribution >= 4 is 15.7 Å². The van der Waals surface area contributed by atoms with E-state index in [0.717, 1.165) is 11.2 Å². The number of carbonyl (C=O) groups excluding carboxylic acids is 1. The number of hydrogen-bond donors (Lipinski definition) is 0. The van der Waals surface area contributed by atoms with Crippen LogP contribution in [-0.2, 0) is 14.6 Å². The van der Waals surface area contributed by atoms with Gasteiger partial charge in [0.25, 0.3) is 0 Å². The van der Waals surface area contributed by atoms with E-state index in [1.807, 2.05) is 6.07 Å². The molecule has 0 saturated heterocycles. The molecule has 0 heterocycles. The second kappa shape index (κ2) is 4.23. The summed E-state index contributed by atoms with van der Waals surface area (Å²) in [6.45, 7) is 1.53. The lowest BCUT2D eigenvalue weighted by atomic mass is 10.3. The quantitative estimate of drug-likeness (QED) is 0.615. The lowest BCUT2D eigenvalue weighted by molar-refractivity contribution is -0.128. The Morgan fingerprint density at radius 2 is 2.08 bits per heavy atom. The third-order valence-corrected chi connectivity index (χ3v) is 2.32. The zero-order chi connectivity index (χ0) is 10.6. The van der Waals surface area contributed by atoms with Crippen molar-refractivity contribution in [3.8, 4) is 6.07 Å². The van der Waals surface area contributed by atoms with Gasteiger partial charge in [0, 0.05) is 13.3 Å². The van der Waals surface area contributed by atoms with Gasteiger partial charge in [0.05, 0.1) is 6.07 Å². The number of nitriles is 1. The maximum absolute atomic E-state index is 11.2. The average Bonchev–Trinajstić information content (AvgIpc) is 1.98. The van der Waals surface area contributed by atoms with Crippen LogP contribution in [0.4, 0.5) is 0 Å². The van der Waals surface area contributed by atoms with Crippen LogP contribution < -0.4 is 0 Å². The zero-order valence-corrected chi connectivity index (χ0v) is 8.63. The van der Waals surface area contributed by atoms with Gasteiger partial charge in [-0.15, -0.1) is 0 Å². The Kier molecular flexibility index (Phi) is 3.88. The first kappa shape index (κ1) is 11.9. The van der Waals surface area contributed by atoms with Gasteiger partial charge in [-0.25, -0.2) is 8.42 Å². The number of carbonyl (C=O) groups is 1. The van der Waals surface area contributed by atoms with Crippen LogP contribution >= 0.6 is 0 Å². The van der Waals surface area contributed by atoms with Crippen LogP contribution in [0.15, 0.2) is 0 Å². The van der Waals surface area contributed by atoms with Crippen LogP contribution in [0.2, 0.25) is 0 Å². The second-order valence-electron chi connectivity index (χ2n) is 2.88. The first-order valence-corrected chi connectivity index (χ1v) is 5.67. The van der Waals surface area contributed by atoms with Crippen LogP contribution in [0.3, 0.4) is 0 Å². The van der Waals surface area contributed by atoms with Gasteiger partial charge < -0.3 is 4.90 Å². The van der Waals surface area contributed by atoms with Crippen molar-refractivity contribution in [1.82, 2.24) is 4.90 Å². The monoisotopic (exact) mass is 204 g/mol. The largest absolute Gasteiger partial charge is 0.329 e. The van der Waals surface area contributed by atoms with Gasteiger partial charge in [-0.2, -0.15) is 5.26 Å². The molecule has 0 rings (SSSR count). The van der Waals surface area contributed by atoms with E-state index in [0.29, 0.717) is 0 Å². The van der Waals surface area contributed by atoms with Gasteiger partial charge in [0.2, 0.25) is 5.91 Å². The van der Waals surface area contributed by atoms with E-state index in [4.69, 9.17) is 5.26 Å². The average molecular weight is 204 g/mol. The van der Waals surface area contributed by atoms with E-state index in [1.54, 1.807) is 0 Å². The maximum atomic E-state index is 11.2. The normalized spacial score (nSPS) is 13.1. The number of rotatable bonds is 3. The molecule has 0 aliphatic heterocycles. The fraction of sp³-hybridized carbons (Fsp3) is 0.714. The SMILES string of the molecule is CC(C#N)N(C)C(=O)CS(C)(=O)=O. The number of hydrogen-bond acceptors (Lipinski definition) is 4. The minimum Gasteiger partial charge on any atom is -0.329 e. The first-order valence-electron chi connectivity index (χ1n) is 3.61. The van der Waals surface area contributed by atoms with Gasteiger partial charge in [0.15, 0.2) is 9.84 Å². The maximum Gasteiger partial charge on any atom is 0.238 e. The molecule has 1 atom stereocenters. The Hall–Kier alpha value is -1.09. The molecular formula is C7H12N2O3S. The van der Waals surface area contributed by atoms with Gasteiger partial charge in [0.1, 0.15) is 11.8 Å². The number of sulfone groups is 1. The molecule has 6 heteroatoms. The van der Waals surface area contributed by atoms with E-state index in [-0.39, 0.29) is 0 Å². The Morgan fingerprint density at radius 1 is 1.62 bits per heavy atom. The molecule has 0 N–H and O–H groups in total. The number of nitrogens with zero attached hydrogens (tertiary/aromatic N) is 2. The van der Waals surface area contributed by atoms with Gasteiger partial charge in [-0.05, 0) is 6.92 Å². The fourth-order valence-corrected chi connectivity index (χ4v) is 1.28. The van der Waals surface area contributed by atoms with Crippen molar-refractivity contribution in [2.24, 2.45) is 0 Å². The van der Waals surface area contributed by atoms with Crippen molar-refractivity contribution in [3.63, 3.8) is 0 Å². The Morgan fingerprint density at radius 3 is 2.38 bits per heavy atom. The lowest BCUT2D eigenvalue weighted by Crippen LogP contribution is -2.37. The molecule has 0 fully saturated rings. The molecule has 0 saturated carbocycles. The smallest absolute Gasteiger partial charge is 0.238 e. The topological polar surface area (TPSA) is 78.2 Å². The molecule has 1 unspecified atom stereocenters. The van der Waals surface area contributed by atoms with Crippen molar-refractivity contribution in [2.45, 2.75) is 13.0 Å². The molecule has 0 bridgehead atoms. The second-order valence-corrected chi connectivity index (χ2v) is 5.02. The molecule has 0 aromatic rings. The lowest BCUT2D eigenvalue weighted by Gasteiger charge is -2.18. The summed E-state index contributed by atoms with van der Waals surface area (Å²) in [5, 5.41) is 8.46. The molecule has 0 aromatic carbocycles. The molecule has 0 spiro atoms. The molecule has 74 valence electrons. The standard InChI is InChI=1S/C7H12N2O3S/c1-6(4-8)9(2)7(10)5-13(3,11)12/h6H,5H2,1-3H3. The van der Waals surface area contributed by atoms with Crippen LogP contribution in [0.25, 0.3) is 0 Å². The molecule has 1 amide bonds. The molecule has 0 radical (unpaired) electrons. The molecule has 0 aliphatic carbocycles. The third kappa shape index (κ3) is 4.48. The highest BCUT2D eigenvalue weighted by atomic mass is 32.2.